The summed E-state index contributed by atoms with van der Waals surface area (Å²) in [6, 6.07) is 0.0755. The van der Waals surface area contributed by atoms with Gasteiger partial charge in [-0.3, -0.25) is 0 Å². The lowest BCUT2D eigenvalue weighted by molar-refractivity contribution is 0.0683. The highest BCUT2D eigenvalue weighted by molar-refractivity contribution is 5.08. The van der Waals surface area contributed by atoms with Gasteiger partial charge in [0.2, 0.25) is 5.82 Å². The van der Waals surface area contributed by atoms with Crippen molar-refractivity contribution in [2.45, 2.75) is 20.0 Å². The Kier molecular flexibility index (Phi) is 2.43. The quantitative estimate of drug-likeness (QED) is 0.700. The van der Waals surface area contributed by atoms with Crippen molar-refractivity contribution < 1.29 is 9.26 Å². The van der Waals surface area contributed by atoms with Crippen LogP contribution in [-0.2, 0) is 4.74 Å². The Hall–Kier alpha value is -1.10. The van der Waals surface area contributed by atoms with Crippen molar-refractivity contribution in [1.82, 2.24) is 10.1 Å². The number of nitrogens with zero attached hydrogens (tertiary/aromatic N) is 2. The standard InChI is InChI=1S/C6H11N3O2/c1-3-10-4(2)5-8-6(7)11-9-5/h4H,3H2,1-2H3,(H2,7,8,9). The van der Waals surface area contributed by atoms with E-state index in [1.807, 2.05) is 13.8 Å². The molecule has 5 heteroatoms. The Bertz CT molecular complexity index is 223. The molecule has 5 nitrogen and oxygen atoms in total. The van der Waals surface area contributed by atoms with E-state index in [1.165, 1.54) is 0 Å². The largest absolute Gasteiger partial charge is 0.371 e. The van der Waals surface area contributed by atoms with Crippen molar-refractivity contribution in [3.63, 3.8) is 0 Å². The van der Waals surface area contributed by atoms with Crippen LogP contribution in [0.4, 0.5) is 6.01 Å². The molecule has 1 aromatic heterocycles. The van der Waals surface area contributed by atoms with Gasteiger partial charge in [0.1, 0.15) is 6.10 Å². The van der Waals surface area contributed by atoms with Gasteiger partial charge in [-0.1, -0.05) is 5.16 Å². The Balaban J connectivity index is 2.60. The van der Waals surface area contributed by atoms with Gasteiger partial charge in [0.25, 0.3) is 0 Å². The van der Waals surface area contributed by atoms with E-state index in [0.717, 1.165) is 0 Å². The van der Waals surface area contributed by atoms with Crippen LogP contribution in [0.2, 0.25) is 0 Å². The number of rotatable bonds is 3. The molecule has 0 aliphatic rings. The summed E-state index contributed by atoms with van der Waals surface area (Å²) in [4.78, 5) is 3.80. The first-order chi connectivity index (χ1) is 5.24. The number of nitrogen functional groups attached to an aromatic ring is 1. The van der Waals surface area contributed by atoms with Crippen molar-refractivity contribution >= 4 is 6.01 Å². The van der Waals surface area contributed by atoms with Crippen LogP contribution in [0.5, 0.6) is 0 Å². The molecule has 0 fully saturated rings. The van der Waals surface area contributed by atoms with Crippen LogP contribution in [0.3, 0.4) is 0 Å². The highest BCUT2D eigenvalue weighted by atomic mass is 16.5. The van der Waals surface area contributed by atoms with E-state index in [1.54, 1.807) is 0 Å². The van der Waals surface area contributed by atoms with E-state index in [9.17, 15) is 0 Å². The molecular weight excluding hydrogens is 146 g/mol. The second-order valence-corrected chi connectivity index (χ2v) is 2.09. The van der Waals surface area contributed by atoms with Gasteiger partial charge in [0, 0.05) is 6.61 Å². The lowest BCUT2D eigenvalue weighted by Gasteiger charge is -2.04. The van der Waals surface area contributed by atoms with Gasteiger partial charge in [-0.2, -0.15) is 4.98 Å². The van der Waals surface area contributed by atoms with Crippen molar-refractivity contribution in [2.75, 3.05) is 12.3 Å². The van der Waals surface area contributed by atoms with E-state index in [0.29, 0.717) is 12.4 Å². The van der Waals surface area contributed by atoms with Crippen LogP contribution in [0, 0.1) is 0 Å². The Morgan fingerprint density at radius 2 is 2.45 bits per heavy atom. The second kappa shape index (κ2) is 3.34. The predicted molar refractivity (Wildman–Crippen MR) is 38.8 cm³/mol. The van der Waals surface area contributed by atoms with Crippen molar-refractivity contribution in [3.05, 3.63) is 5.82 Å². The molecule has 0 saturated carbocycles. The molecule has 0 radical (unpaired) electrons. The predicted octanol–water partition coefficient (Wildman–Crippen LogP) is 0.749. The first-order valence-electron chi connectivity index (χ1n) is 3.44. The molecule has 0 aromatic carbocycles. The molecular formula is C6H11N3O2. The minimum absolute atomic E-state index is 0.0755. The fourth-order valence-corrected chi connectivity index (χ4v) is 0.737. The number of anilines is 1. The van der Waals surface area contributed by atoms with Crippen LogP contribution < -0.4 is 5.73 Å². The molecule has 62 valence electrons. The average molecular weight is 157 g/mol. The molecule has 11 heavy (non-hydrogen) atoms. The maximum atomic E-state index is 5.22. The lowest BCUT2D eigenvalue weighted by atomic mass is 10.4. The molecule has 1 unspecified atom stereocenters. The zero-order chi connectivity index (χ0) is 8.27. The fourth-order valence-electron chi connectivity index (χ4n) is 0.737. The van der Waals surface area contributed by atoms with E-state index < -0.39 is 0 Å². The number of aromatic nitrogens is 2. The molecule has 0 saturated heterocycles. The Morgan fingerprint density at radius 1 is 1.73 bits per heavy atom. The first-order valence-corrected chi connectivity index (χ1v) is 3.44. The van der Waals surface area contributed by atoms with Crippen LogP contribution in [0.1, 0.15) is 25.8 Å². The summed E-state index contributed by atoms with van der Waals surface area (Å²) in [6.45, 7) is 4.36. The summed E-state index contributed by atoms with van der Waals surface area (Å²) >= 11 is 0. The lowest BCUT2D eigenvalue weighted by Crippen LogP contribution is -2.01. The highest BCUT2D eigenvalue weighted by Gasteiger charge is 2.11. The summed E-state index contributed by atoms with van der Waals surface area (Å²) in [6.07, 6.45) is -0.152. The maximum absolute atomic E-state index is 5.22. The third-order valence-corrected chi connectivity index (χ3v) is 1.24. The average Bonchev–Trinajstić information content (AvgIpc) is 2.36. The van der Waals surface area contributed by atoms with Crippen LogP contribution in [0.15, 0.2) is 4.52 Å². The Morgan fingerprint density at radius 3 is 2.91 bits per heavy atom. The molecule has 1 rings (SSSR count). The summed E-state index contributed by atoms with van der Waals surface area (Å²) in [5.41, 5.74) is 5.22. The first kappa shape index (κ1) is 8.00. The molecule has 1 heterocycles. The molecule has 2 N–H and O–H groups in total. The number of ether oxygens (including phenoxy) is 1. The molecule has 0 amide bonds. The minimum atomic E-state index is -0.152. The number of nitrogens with two attached hydrogens (primary N) is 1. The van der Waals surface area contributed by atoms with Gasteiger partial charge in [0.15, 0.2) is 0 Å². The zero-order valence-corrected chi connectivity index (χ0v) is 6.57. The maximum Gasteiger partial charge on any atom is 0.318 e. The third-order valence-electron chi connectivity index (χ3n) is 1.24. The van der Waals surface area contributed by atoms with Gasteiger partial charge in [-0.25, -0.2) is 0 Å². The molecule has 0 bridgehead atoms. The van der Waals surface area contributed by atoms with Crippen molar-refractivity contribution in [2.24, 2.45) is 0 Å². The zero-order valence-electron chi connectivity index (χ0n) is 6.57. The van der Waals surface area contributed by atoms with E-state index in [4.69, 9.17) is 10.5 Å². The summed E-state index contributed by atoms with van der Waals surface area (Å²) < 4.78 is 9.77. The second-order valence-electron chi connectivity index (χ2n) is 2.09. The highest BCUT2D eigenvalue weighted by Crippen LogP contribution is 2.12. The normalized spacial score (nSPS) is 13.3. The number of hydrogen-bond donors (Lipinski definition) is 1. The Labute approximate surface area is 64.5 Å². The van der Waals surface area contributed by atoms with Gasteiger partial charge in [-0.15, -0.1) is 0 Å². The molecule has 1 aromatic rings. The van der Waals surface area contributed by atoms with Gasteiger partial charge < -0.3 is 15.0 Å². The van der Waals surface area contributed by atoms with Crippen LogP contribution in [0.25, 0.3) is 0 Å². The fraction of sp³-hybridized carbons (Fsp3) is 0.667. The van der Waals surface area contributed by atoms with E-state index in [2.05, 4.69) is 14.7 Å². The van der Waals surface area contributed by atoms with Crippen LogP contribution >= 0.6 is 0 Å². The van der Waals surface area contributed by atoms with Gasteiger partial charge >= 0.3 is 6.01 Å². The summed E-state index contributed by atoms with van der Waals surface area (Å²) in [7, 11) is 0. The smallest absolute Gasteiger partial charge is 0.318 e. The number of hydrogen-bond acceptors (Lipinski definition) is 5. The molecule has 1 atom stereocenters. The third kappa shape index (κ3) is 1.91. The van der Waals surface area contributed by atoms with Crippen molar-refractivity contribution in [3.8, 4) is 0 Å². The SMILES string of the molecule is CCOC(C)c1noc(N)n1. The molecule has 0 aliphatic carbocycles. The van der Waals surface area contributed by atoms with E-state index >= 15 is 0 Å². The van der Waals surface area contributed by atoms with E-state index in [-0.39, 0.29) is 12.1 Å². The van der Waals surface area contributed by atoms with Gasteiger partial charge in [0.05, 0.1) is 0 Å². The summed E-state index contributed by atoms with van der Waals surface area (Å²) in [5, 5.41) is 3.60. The topological polar surface area (TPSA) is 74.2 Å². The molecule has 0 spiro atoms. The van der Waals surface area contributed by atoms with Crippen molar-refractivity contribution in [1.29, 1.82) is 0 Å². The van der Waals surface area contributed by atoms with Gasteiger partial charge in [-0.05, 0) is 13.8 Å². The monoisotopic (exact) mass is 157 g/mol. The van der Waals surface area contributed by atoms with Crippen LogP contribution in [-0.4, -0.2) is 16.7 Å². The summed E-state index contributed by atoms with van der Waals surface area (Å²) in [5.74, 6) is 0.490. The molecule has 0 aliphatic heterocycles. The minimum Gasteiger partial charge on any atom is -0.371 e.